The zero-order valence-corrected chi connectivity index (χ0v) is 42.3. The Balaban J connectivity index is 0.000000197. The minimum atomic E-state index is -0.638. The van der Waals surface area contributed by atoms with Crippen LogP contribution in [0.25, 0.3) is 20.4 Å². The van der Waals surface area contributed by atoms with Crippen molar-refractivity contribution in [3.05, 3.63) is 166 Å². The molecule has 0 saturated carbocycles. The van der Waals surface area contributed by atoms with Gasteiger partial charge in [0, 0.05) is 73.7 Å². The van der Waals surface area contributed by atoms with Gasteiger partial charge in [-0.2, -0.15) is 0 Å². The maximum Gasteiger partial charge on any atom is 0.261 e. The number of carbonyl (C=O) groups excluding carboxylic acids is 4. The Labute approximate surface area is 441 Å². The third-order valence-corrected chi connectivity index (χ3v) is 13.4. The molecule has 0 radical (unpaired) electrons. The molecule has 4 aromatic heterocycles. The number of nitrogens with one attached hydrogen (secondary N) is 7. The van der Waals surface area contributed by atoms with E-state index in [9.17, 15) is 28.0 Å². The van der Waals surface area contributed by atoms with Gasteiger partial charge in [-0.1, -0.05) is 60.7 Å². The average molecular weight is 1070 g/mol. The van der Waals surface area contributed by atoms with Gasteiger partial charge in [0.15, 0.2) is 33.4 Å². The fourth-order valence-electron chi connectivity index (χ4n) is 7.31. The van der Waals surface area contributed by atoms with Crippen LogP contribution >= 0.6 is 47.1 Å². The van der Waals surface area contributed by atoms with Crippen LogP contribution in [0.5, 0.6) is 23.0 Å². The summed E-state index contributed by atoms with van der Waals surface area (Å²) in [5.74, 6) is -1.51. The summed E-state index contributed by atoms with van der Waals surface area (Å²) < 4.78 is 42.7. The summed E-state index contributed by atoms with van der Waals surface area (Å²) in [4.78, 5) is 58.9. The van der Waals surface area contributed by atoms with Crippen LogP contribution < -0.4 is 52.4 Å². The molecule has 9 N–H and O–H groups in total. The van der Waals surface area contributed by atoms with Crippen LogP contribution in [0.3, 0.4) is 0 Å². The number of carbonyl (C=O) groups is 4. The molecule has 378 valence electrons. The Hall–Kier alpha value is -7.86. The largest absolute Gasteiger partial charge is 0.453 e. The molecule has 4 amide bonds. The molecule has 74 heavy (non-hydrogen) atoms. The predicted octanol–water partition coefficient (Wildman–Crippen LogP) is 8.35. The van der Waals surface area contributed by atoms with Crippen molar-refractivity contribution < 1.29 is 37.4 Å². The number of rotatable bonds is 15. The van der Waals surface area contributed by atoms with Crippen molar-refractivity contribution in [1.29, 1.82) is 0 Å². The van der Waals surface area contributed by atoms with E-state index in [1.54, 1.807) is 42.6 Å². The highest BCUT2D eigenvalue weighted by Gasteiger charge is 2.21. The lowest BCUT2D eigenvalue weighted by molar-refractivity contribution is -0.119. The number of hydrogen-bond acceptors (Lipinski definition) is 14. The maximum atomic E-state index is 14.9. The molecule has 16 nitrogen and oxygen atoms in total. The van der Waals surface area contributed by atoms with E-state index in [0.29, 0.717) is 66.2 Å². The second kappa shape index (κ2) is 25.2. The number of thiocarbonyl (C=S) groups is 2. The standard InChI is InChI=1S/C27H24FN5O3S2.C25H22FN5O3S2/c28-19-13-17(32-27(37)33-24(34)12-16-4-2-1-3-5-16)6-7-21(19)36-22-9-11-30-20-14-23(38-25(20)22)26(35)31-18-8-10-29-15-18;26-17-13-16(30-25(35)31-22(32)12-15-4-2-1-3-5-15)6-7-19(17)34-20-8-10-28-18-14-21(36-23(18)20)24(33)29-11-9-27/h1-7,9,11,13-14,18,29H,8,10,12,15H2,(H,31,35)(H2,32,33,34,37);1-8,10,13-14H,9,11-12,27H2,(H,29,33)(H2,30,31,32,35). The monoisotopic (exact) mass is 1070 g/mol. The molecule has 0 bridgehead atoms. The Kier molecular flexibility index (Phi) is 17.9. The molecular formula is C52H46F2N10O6S4. The fourth-order valence-corrected chi connectivity index (χ4v) is 9.72. The molecule has 1 aliphatic heterocycles. The van der Waals surface area contributed by atoms with Crippen molar-refractivity contribution in [2.75, 3.05) is 36.8 Å². The van der Waals surface area contributed by atoms with E-state index < -0.39 is 11.6 Å². The summed E-state index contributed by atoms with van der Waals surface area (Å²) in [5, 5.41) is 19.8. The second-order valence-corrected chi connectivity index (χ2v) is 19.2. The summed E-state index contributed by atoms with van der Waals surface area (Å²) in [5.41, 5.74) is 9.00. The van der Waals surface area contributed by atoms with Crippen LogP contribution in [0.2, 0.25) is 0 Å². The minimum Gasteiger partial charge on any atom is -0.453 e. The van der Waals surface area contributed by atoms with E-state index in [1.807, 2.05) is 60.7 Å². The van der Waals surface area contributed by atoms with Gasteiger partial charge in [-0.15, -0.1) is 22.7 Å². The van der Waals surface area contributed by atoms with Gasteiger partial charge in [-0.05, 0) is 84.9 Å². The summed E-state index contributed by atoms with van der Waals surface area (Å²) >= 11 is 12.8. The zero-order chi connectivity index (χ0) is 52.0. The Morgan fingerprint density at radius 1 is 0.649 bits per heavy atom. The van der Waals surface area contributed by atoms with Gasteiger partial charge in [0.05, 0.1) is 43.0 Å². The van der Waals surface area contributed by atoms with Crippen molar-refractivity contribution in [3.8, 4) is 23.0 Å². The predicted molar refractivity (Wildman–Crippen MR) is 291 cm³/mol. The molecule has 4 aromatic carbocycles. The number of aromatic nitrogens is 2. The first kappa shape index (κ1) is 52.5. The summed E-state index contributed by atoms with van der Waals surface area (Å²) in [7, 11) is 0. The smallest absolute Gasteiger partial charge is 0.261 e. The van der Waals surface area contributed by atoms with E-state index in [1.165, 1.54) is 53.1 Å². The lowest BCUT2D eigenvalue weighted by Gasteiger charge is -2.12. The molecular weight excluding hydrogens is 1030 g/mol. The van der Waals surface area contributed by atoms with Gasteiger partial charge in [-0.25, -0.2) is 8.78 Å². The number of benzene rings is 4. The topological polar surface area (TPSA) is 223 Å². The first-order chi connectivity index (χ1) is 35.9. The molecule has 5 heterocycles. The molecule has 1 aliphatic rings. The number of hydrogen-bond donors (Lipinski definition) is 8. The number of pyridine rings is 2. The van der Waals surface area contributed by atoms with Crippen LogP contribution in [0.4, 0.5) is 20.2 Å². The highest BCUT2D eigenvalue weighted by Crippen LogP contribution is 2.38. The highest BCUT2D eigenvalue weighted by molar-refractivity contribution is 7.80. The van der Waals surface area contributed by atoms with E-state index in [2.05, 4.69) is 47.2 Å². The van der Waals surface area contributed by atoms with E-state index in [4.69, 9.17) is 39.6 Å². The highest BCUT2D eigenvalue weighted by atomic mass is 32.1. The molecule has 0 aliphatic carbocycles. The van der Waals surface area contributed by atoms with Crippen LogP contribution in [-0.4, -0.2) is 76.0 Å². The summed E-state index contributed by atoms with van der Waals surface area (Å²) in [6, 6.07) is 33.7. The van der Waals surface area contributed by atoms with Crippen molar-refractivity contribution in [3.63, 3.8) is 0 Å². The van der Waals surface area contributed by atoms with Crippen LogP contribution in [-0.2, 0) is 22.4 Å². The number of nitrogens with two attached hydrogens (primary N) is 1. The molecule has 1 fully saturated rings. The van der Waals surface area contributed by atoms with Gasteiger partial charge in [0.1, 0.15) is 11.5 Å². The molecule has 1 saturated heterocycles. The summed E-state index contributed by atoms with van der Waals surface area (Å²) in [6.07, 6.45) is 4.31. The van der Waals surface area contributed by atoms with Gasteiger partial charge in [0.25, 0.3) is 11.8 Å². The number of amides is 4. The third kappa shape index (κ3) is 14.4. The molecule has 1 unspecified atom stereocenters. The maximum absolute atomic E-state index is 14.9. The average Bonchev–Trinajstić information content (AvgIpc) is 4.17. The van der Waals surface area contributed by atoms with Gasteiger partial charge in [-0.3, -0.25) is 29.1 Å². The molecule has 22 heteroatoms. The number of fused-ring (bicyclic) bond motifs is 2. The lowest BCUT2D eigenvalue weighted by Crippen LogP contribution is -2.35. The number of halogens is 2. The third-order valence-electron chi connectivity index (χ3n) is 10.8. The van der Waals surface area contributed by atoms with Crippen molar-refractivity contribution in [1.82, 2.24) is 36.6 Å². The molecule has 8 aromatic rings. The molecule has 0 spiro atoms. The second-order valence-electron chi connectivity index (χ2n) is 16.3. The van der Waals surface area contributed by atoms with Crippen LogP contribution in [0.15, 0.2) is 134 Å². The van der Waals surface area contributed by atoms with Gasteiger partial charge < -0.3 is 52.4 Å². The first-order valence-electron chi connectivity index (χ1n) is 22.9. The Bertz CT molecular complexity index is 3340. The number of ether oxygens (including phenoxy) is 2. The molecule has 1 atom stereocenters. The SMILES string of the molecule is NCCNC(=O)c1cc2nccc(Oc3ccc(NC(=S)NC(=O)Cc4ccccc4)cc3F)c2s1.O=C(Cc1ccccc1)NC(=S)Nc1ccc(Oc2ccnc3cc(C(=O)NC4CCNC4)sc23)c(F)c1. The Morgan fingerprint density at radius 2 is 1.14 bits per heavy atom. The van der Waals surface area contributed by atoms with Crippen molar-refractivity contribution in [2.24, 2.45) is 5.73 Å². The van der Waals surface area contributed by atoms with Crippen LogP contribution in [0, 0.1) is 11.6 Å². The van der Waals surface area contributed by atoms with Crippen molar-refractivity contribution >= 4 is 113 Å². The van der Waals surface area contributed by atoms with Crippen LogP contribution in [0.1, 0.15) is 36.9 Å². The van der Waals surface area contributed by atoms with E-state index >= 15 is 0 Å². The summed E-state index contributed by atoms with van der Waals surface area (Å²) in [6.45, 7) is 2.32. The number of anilines is 2. The van der Waals surface area contributed by atoms with Gasteiger partial charge >= 0.3 is 0 Å². The number of nitrogens with zero attached hydrogens (tertiary/aromatic N) is 2. The fraction of sp³-hybridized carbons (Fsp3) is 0.154. The Morgan fingerprint density at radius 3 is 1.58 bits per heavy atom. The van der Waals surface area contributed by atoms with Gasteiger partial charge in [0.2, 0.25) is 11.8 Å². The normalized spacial score (nSPS) is 12.7. The zero-order valence-electron chi connectivity index (χ0n) is 39.0. The van der Waals surface area contributed by atoms with Crippen molar-refractivity contribution in [2.45, 2.75) is 25.3 Å². The van der Waals surface area contributed by atoms with E-state index in [-0.39, 0.29) is 64.2 Å². The first-order valence-corrected chi connectivity index (χ1v) is 25.3. The molecule has 9 rings (SSSR count). The quantitative estimate of drug-likeness (QED) is 0.0452. The number of thiophene rings is 2. The minimum absolute atomic E-state index is 0.00138. The van der Waals surface area contributed by atoms with E-state index in [0.717, 1.165) is 30.6 Å². The lowest BCUT2D eigenvalue weighted by atomic mass is 10.1.